The van der Waals surface area contributed by atoms with Gasteiger partial charge in [-0.05, 0) is 36.2 Å². The molecule has 2 aromatic rings. The standard InChI is InChI=1S/C15H11F3O/c1-9-2-7-12(15(18)14(9)17)13(19)8-10-3-5-11(16)6-4-10/h2-7H,8H2,1H3. The molecular formula is C15H11F3O. The van der Waals surface area contributed by atoms with Crippen LogP contribution in [-0.4, -0.2) is 5.78 Å². The summed E-state index contributed by atoms with van der Waals surface area (Å²) in [5.74, 6) is -3.09. The molecule has 0 saturated carbocycles. The minimum Gasteiger partial charge on any atom is -0.294 e. The van der Waals surface area contributed by atoms with Crippen molar-refractivity contribution in [3.05, 3.63) is 70.5 Å². The molecule has 0 amide bonds. The van der Waals surface area contributed by atoms with Crippen LogP contribution in [0.25, 0.3) is 0 Å². The summed E-state index contributed by atoms with van der Waals surface area (Å²) in [6.45, 7) is 1.42. The van der Waals surface area contributed by atoms with Gasteiger partial charge in [0, 0.05) is 6.42 Å². The summed E-state index contributed by atoms with van der Waals surface area (Å²) in [4.78, 5) is 11.9. The molecule has 0 aliphatic carbocycles. The van der Waals surface area contributed by atoms with Crippen LogP contribution in [0.4, 0.5) is 13.2 Å². The SMILES string of the molecule is Cc1ccc(C(=O)Cc2ccc(F)cc2)c(F)c1F. The van der Waals surface area contributed by atoms with Gasteiger partial charge in [0.1, 0.15) is 5.82 Å². The average Bonchev–Trinajstić information content (AvgIpc) is 2.39. The third kappa shape index (κ3) is 2.84. The van der Waals surface area contributed by atoms with Crippen molar-refractivity contribution in [1.29, 1.82) is 0 Å². The zero-order valence-electron chi connectivity index (χ0n) is 10.2. The predicted octanol–water partition coefficient (Wildman–Crippen LogP) is 3.84. The number of rotatable bonds is 3. The van der Waals surface area contributed by atoms with Crippen LogP contribution in [0.1, 0.15) is 21.5 Å². The number of Topliss-reactive ketones (excluding diaryl/α,β-unsaturated/α-hetero) is 1. The second-order valence-corrected chi connectivity index (χ2v) is 4.28. The molecule has 4 heteroatoms. The molecule has 98 valence electrons. The van der Waals surface area contributed by atoms with Crippen LogP contribution >= 0.6 is 0 Å². The van der Waals surface area contributed by atoms with E-state index in [2.05, 4.69) is 0 Å². The number of ketones is 1. The first-order valence-corrected chi connectivity index (χ1v) is 5.71. The van der Waals surface area contributed by atoms with E-state index in [9.17, 15) is 18.0 Å². The van der Waals surface area contributed by atoms with E-state index >= 15 is 0 Å². The molecule has 0 spiro atoms. The van der Waals surface area contributed by atoms with Crippen molar-refractivity contribution in [1.82, 2.24) is 0 Å². The van der Waals surface area contributed by atoms with Crippen molar-refractivity contribution in [2.75, 3.05) is 0 Å². The Morgan fingerprint density at radius 3 is 2.21 bits per heavy atom. The summed E-state index contributed by atoms with van der Waals surface area (Å²) >= 11 is 0. The van der Waals surface area contributed by atoms with Gasteiger partial charge >= 0.3 is 0 Å². The highest BCUT2D eigenvalue weighted by Gasteiger charge is 2.17. The van der Waals surface area contributed by atoms with Crippen molar-refractivity contribution >= 4 is 5.78 Å². The molecule has 0 unspecified atom stereocenters. The Balaban J connectivity index is 2.25. The fourth-order valence-electron chi connectivity index (χ4n) is 1.74. The molecule has 2 aromatic carbocycles. The van der Waals surface area contributed by atoms with Crippen LogP contribution in [-0.2, 0) is 6.42 Å². The van der Waals surface area contributed by atoms with Crippen molar-refractivity contribution in [3.8, 4) is 0 Å². The van der Waals surface area contributed by atoms with Gasteiger partial charge in [0.25, 0.3) is 0 Å². The Bertz CT molecular complexity index is 618. The quantitative estimate of drug-likeness (QED) is 0.770. The first kappa shape index (κ1) is 13.3. The molecule has 0 bridgehead atoms. The van der Waals surface area contributed by atoms with Gasteiger partial charge in [-0.25, -0.2) is 13.2 Å². The predicted molar refractivity (Wildman–Crippen MR) is 65.5 cm³/mol. The largest absolute Gasteiger partial charge is 0.294 e. The molecule has 0 aliphatic heterocycles. The molecule has 0 aliphatic rings. The lowest BCUT2D eigenvalue weighted by Gasteiger charge is -2.05. The third-order valence-electron chi connectivity index (χ3n) is 2.85. The van der Waals surface area contributed by atoms with E-state index in [1.807, 2.05) is 0 Å². The van der Waals surface area contributed by atoms with E-state index in [1.54, 1.807) is 0 Å². The maximum atomic E-state index is 13.6. The van der Waals surface area contributed by atoms with Gasteiger partial charge in [0.15, 0.2) is 17.4 Å². The maximum Gasteiger partial charge on any atom is 0.170 e. The summed E-state index contributed by atoms with van der Waals surface area (Å²) < 4.78 is 39.7. The molecule has 1 nitrogen and oxygen atoms in total. The monoisotopic (exact) mass is 264 g/mol. The molecule has 19 heavy (non-hydrogen) atoms. The minimum atomic E-state index is -1.13. The smallest absolute Gasteiger partial charge is 0.170 e. The van der Waals surface area contributed by atoms with E-state index in [0.717, 1.165) is 0 Å². The van der Waals surface area contributed by atoms with Crippen molar-refractivity contribution in [2.45, 2.75) is 13.3 Å². The van der Waals surface area contributed by atoms with Crippen LogP contribution in [0.2, 0.25) is 0 Å². The second kappa shape index (κ2) is 5.26. The number of hydrogen-bond acceptors (Lipinski definition) is 1. The van der Waals surface area contributed by atoms with Gasteiger partial charge in [0.2, 0.25) is 0 Å². The number of benzene rings is 2. The van der Waals surface area contributed by atoms with Gasteiger partial charge in [-0.2, -0.15) is 0 Å². The normalized spacial score (nSPS) is 10.5. The maximum absolute atomic E-state index is 13.6. The molecule has 0 fully saturated rings. The van der Waals surface area contributed by atoms with Crippen LogP contribution in [0.5, 0.6) is 0 Å². The van der Waals surface area contributed by atoms with Crippen molar-refractivity contribution in [2.24, 2.45) is 0 Å². The number of halogens is 3. The Morgan fingerprint density at radius 1 is 0.947 bits per heavy atom. The van der Waals surface area contributed by atoms with Gasteiger partial charge in [-0.3, -0.25) is 4.79 Å². The number of carbonyl (C=O) groups is 1. The number of aryl methyl sites for hydroxylation is 1. The van der Waals surface area contributed by atoms with E-state index < -0.39 is 23.2 Å². The molecule has 0 radical (unpaired) electrons. The van der Waals surface area contributed by atoms with E-state index in [-0.39, 0.29) is 17.5 Å². The Morgan fingerprint density at radius 2 is 1.58 bits per heavy atom. The Hall–Kier alpha value is -2.10. The molecule has 0 N–H and O–H groups in total. The molecule has 0 aromatic heterocycles. The van der Waals surface area contributed by atoms with Crippen LogP contribution < -0.4 is 0 Å². The fraction of sp³-hybridized carbons (Fsp3) is 0.133. The number of hydrogen-bond donors (Lipinski definition) is 0. The lowest BCUT2D eigenvalue weighted by molar-refractivity contribution is 0.0988. The van der Waals surface area contributed by atoms with E-state index in [1.165, 1.54) is 43.3 Å². The molecule has 2 rings (SSSR count). The highest BCUT2D eigenvalue weighted by atomic mass is 19.2. The highest BCUT2D eigenvalue weighted by molar-refractivity contribution is 5.97. The van der Waals surface area contributed by atoms with E-state index in [4.69, 9.17) is 0 Å². The molecular weight excluding hydrogens is 253 g/mol. The van der Waals surface area contributed by atoms with Crippen LogP contribution in [0.3, 0.4) is 0 Å². The first-order chi connectivity index (χ1) is 8.99. The van der Waals surface area contributed by atoms with Gasteiger partial charge in [0.05, 0.1) is 5.56 Å². The molecule has 0 heterocycles. The summed E-state index contributed by atoms with van der Waals surface area (Å²) in [6, 6.07) is 7.94. The zero-order valence-corrected chi connectivity index (χ0v) is 10.2. The molecule has 0 saturated heterocycles. The second-order valence-electron chi connectivity index (χ2n) is 4.28. The highest BCUT2D eigenvalue weighted by Crippen LogP contribution is 2.17. The summed E-state index contributed by atoms with van der Waals surface area (Å²) in [7, 11) is 0. The zero-order chi connectivity index (χ0) is 14.0. The summed E-state index contributed by atoms with van der Waals surface area (Å²) in [6.07, 6.45) is -0.0975. The molecule has 0 atom stereocenters. The van der Waals surface area contributed by atoms with E-state index in [0.29, 0.717) is 5.56 Å². The van der Waals surface area contributed by atoms with Crippen LogP contribution in [0.15, 0.2) is 36.4 Å². The van der Waals surface area contributed by atoms with Gasteiger partial charge in [-0.1, -0.05) is 18.2 Å². The Kier molecular flexibility index (Phi) is 3.69. The lowest BCUT2D eigenvalue weighted by Crippen LogP contribution is -2.08. The van der Waals surface area contributed by atoms with Crippen LogP contribution in [0, 0.1) is 24.4 Å². The Labute approximate surface area is 108 Å². The summed E-state index contributed by atoms with van der Waals surface area (Å²) in [5, 5.41) is 0. The van der Waals surface area contributed by atoms with Gasteiger partial charge in [-0.15, -0.1) is 0 Å². The first-order valence-electron chi connectivity index (χ1n) is 5.71. The topological polar surface area (TPSA) is 17.1 Å². The summed E-state index contributed by atoms with van der Waals surface area (Å²) in [5.41, 5.74) is 0.412. The van der Waals surface area contributed by atoms with Crippen molar-refractivity contribution in [3.63, 3.8) is 0 Å². The average molecular weight is 264 g/mol. The van der Waals surface area contributed by atoms with Crippen molar-refractivity contribution < 1.29 is 18.0 Å². The van der Waals surface area contributed by atoms with Gasteiger partial charge < -0.3 is 0 Å². The third-order valence-corrected chi connectivity index (χ3v) is 2.85. The fourth-order valence-corrected chi connectivity index (χ4v) is 1.74. The lowest BCUT2D eigenvalue weighted by atomic mass is 10.0. The minimum absolute atomic E-state index is 0.0975. The number of carbonyl (C=O) groups excluding carboxylic acids is 1.